The van der Waals surface area contributed by atoms with Gasteiger partial charge in [0.25, 0.3) is 0 Å². The number of nitrogens with one attached hydrogen (secondary N) is 1. The fraction of sp³-hybridized carbons (Fsp3) is 0.360. The molecule has 1 unspecified atom stereocenters. The molecule has 1 aliphatic rings. The lowest BCUT2D eigenvalue weighted by molar-refractivity contribution is -0.119. The molecule has 1 N–H and O–H groups in total. The number of hydrogen-bond acceptors (Lipinski definition) is 4. The van der Waals surface area contributed by atoms with Gasteiger partial charge in [0.1, 0.15) is 17.2 Å². The number of hydrogen-bond donors (Lipinski definition) is 1. The van der Waals surface area contributed by atoms with E-state index < -0.39 is 0 Å². The number of rotatable bonds is 10. The van der Waals surface area contributed by atoms with E-state index >= 15 is 0 Å². The Morgan fingerprint density at radius 2 is 1.90 bits per heavy atom. The molecule has 1 heterocycles. The average molecular weight is 420 g/mol. The molecule has 6 nitrogen and oxygen atoms in total. The topological polar surface area (TPSA) is 65.4 Å². The molecule has 0 radical (unpaired) electrons. The third kappa shape index (κ3) is 6.35. The standard InChI is InChI=1S/C25H29N3O3/c1-18(26-19(2)29)6-9-21-14-15-28(27-21)22-10-12-23(13-11-22)31-25-5-3-4-24(16-25)30-17-20-7-8-20/h3-5,10-16,18,20H,6-9,17H2,1-2H3,(H,26,29). The van der Waals surface area contributed by atoms with Gasteiger partial charge in [-0.25, -0.2) is 4.68 Å². The van der Waals surface area contributed by atoms with Crippen molar-refractivity contribution in [3.63, 3.8) is 0 Å². The highest BCUT2D eigenvalue weighted by Crippen LogP contribution is 2.31. The Labute approximate surface area is 183 Å². The summed E-state index contributed by atoms with van der Waals surface area (Å²) in [4.78, 5) is 11.1. The van der Waals surface area contributed by atoms with E-state index in [2.05, 4.69) is 10.4 Å². The Morgan fingerprint density at radius 1 is 1.13 bits per heavy atom. The van der Waals surface area contributed by atoms with Gasteiger partial charge in [0.2, 0.25) is 5.91 Å². The molecule has 0 bridgehead atoms. The molecule has 6 heteroatoms. The zero-order valence-corrected chi connectivity index (χ0v) is 18.1. The van der Waals surface area contributed by atoms with Crippen molar-refractivity contribution in [3.05, 3.63) is 66.5 Å². The highest BCUT2D eigenvalue weighted by molar-refractivity contribution is 5.73. The van der Waals surface area contributed by atoms with Crippen LogP contribution in [0.2, 0.25) is 0 Å². The molecule has 3 aromatic rings. The second kappa shape index (κ2) is 9.69. The molecule has 0 saturated heterocycles. The van der Waals surface area contributed by atoms with Crippen molar-refractivity contribution < 1.29 is 14.3 Å². The van der Waals surface area contributed by atoms with Gasteiger partial charge in [-0.1, -0.05) is 6.07 Å². The monoisotopic (exact) mass is 419 g/mol. The van der Waals surface area contributed by atoms with E-state index in [1.54, 1.807) is 0 Å². The Hall–Kier alpha value is -3.28. The number of benzene rings is 2. The van der Waals surface area contributed by atoms with Crippen LogP contribution in [0.25, 0.3) is 5.69 Å². The lowest BCUT2D eigenvalue weighted by Gasteiger charge is -2.11. The third-order valence-electron chi connectivity index (χ3n) is 5.25. The van der Waals surface area contributed by atoms with Crippen molar-refractivity contribution in [2.45, 2.75) is 45.6 Å². The Morgan fingerprint density at radius 3 is 2.65 bits per heavy atom. The van der Waals surface area contributed by atoms with Crippen LogP contribution < -0.4 is 14.8 Å². The molecule has 1 saturated carbocycles. The molecule has 4 rings (SSSR count). The second-order valence-electron chi connectivity index (χ2n) is 8.22. The molecule has 2 aromatic carbocycles. The minimum Gasteiger partial charge on any atom is -0.493 e. The van der Waals surface area contributed by atoms with E-state index in [0.717, 1.165) is 54.0 Å². The molecule has 0 aliphatic heterocycles. The van der Waals surface area contributed by atoms with Gasteiger partial charge in [-0.2, -0.15) is 5.10 Å². The van der Waals surface area contributed by atoms with E-state index in [9.17, 15) is 4.79 Å². The van der Waals surface area contributed by atoms with Crippen LogP contribution in [0.4, 0.5) is 0 Å². The quantitative estimate of drug-likeness (QED) is 0.507. The number of carbonyl (C=O) groups excluding carboxylic acids is 1. The molecule has 1 aromatic heterocycles. The first-order chi connectivity index (χ1) is 15.0. The van der Waals surface area contributed by atoms with Crippen molar-refractivity contribution in [3.8, 4) is 22.9 Å². The van der Waals surface area contributed by atoms with Crippen molar-refractivity contribution in [2.75, 3.05) is 6.61 Å². The Kier molecular flexibility index (Phi) is 6.55. The average Bonchev–Trinajstić information content (AvgIpc) is 3.47. The zero-order chi connectivity index (χ0) is 21.6. The van der Waals surface area contributed by atoms with Crippen LogP contribution in [0.5, 0.6) is 17.2 Å². The minimum absolute atomic E-state index is 0.00199. The molecule has 0 spiro atoms. The molecule has 1 atom stereocenters. The maximum absolute atomic E-state index is 11.1. The van der Waals surface area contributed by atoms with Crippen molar-refractivity contribution >= 4 is 5.91 Å². The summed E-state index contributed by atoms with van der Waals surface area (Å²) in [6, 6.07) is 17.8. The molecule has 31 heavy (non-hydrogen) atoms. The lowest BCUT2D eigenvalue weighted by Crippen LogP contribution is -2.30. The minimum atomic E-state index is -0.00199. The highest BCUT2D eigenvalue weighted by atomic mass is 16.5. The molecule has 1 aliphatic carbocycles. The molecule has 1 amide bonds. The summed E-state index contributed by atoms with van der Waals surface area (Å²) >= 11 is 0. The Balaban J connectivity index is 1.32. The van der Waals surface area contributed by atoms with Crippen LogP contribution in [0.3, 0.4) is 0 Å². The van der Waals surface area contributed by atoms with Gasteiger partial charge >= 0.3 is 0 Å². The van der Waals surface area contributed by atoms with Crippen LogP contribution in [-0.4, -0.2) is 28.3 Å². The van der Waals surface area contributed by atoms with Crippen molar-refractivity contribution in [2.24, 2.45) is 5.92 Å². The van der Waals surface area contributed by atoms with Gasteiger partial charge in [-0.3, -0.25) is 4.79 Å². The number of amides is 1. The van der Waals surface area contributed by atoms with E-state index in [1.165, 1.54) is 19.8 Å². The van der Waals surface area contributed by atoms with Gasteiger partial charge in [0.05, 0.1) is 18.0 Å². The first-order valence-corrected chi connectivity index (χ1v) is 10.9. The summed E-state index contributed by atoms with van der Waals surface area (Å²) < 4.78 is 13.7. The fourth-order valence-corrected chi connectivity index (χ4v) is 3.35. The molecular formula is C25H29N3O3. The number of aryl methyl sites for hydroxylation is 1. The number of aromatic nitrogens is 2. The summed E-state index contributed by atoms with van der Waals surface area (Å²) in [7, 11) is 0. The van der Waals surface area contributed by atoms with Gasteiger partial charge in [0, 0.05) is 25.2 Å². The van der Waals surface area contributed by atoms with Gasteiger partial charge in [-0.05, 0) is 81.0 Å². The van der Waals surface area contributed by atoms with Crippen LogP contribution in [0.1, 0.15) is 38.8 Å². The Bertz CT molecular complexity index is 1010. The van der Waals surface area contributed by atoms with Gasteiger partial charge in [-0.15, -0.1) is 0 Å². The molecule has 162 valence electrons. The van der Waals surface area contributed by atoms with E-state index in [4.69, 9.17) is 9.47 Å². The van der Waals surface area contributed by atoms with Crippen molar-refractivity contribution in [1.82, 2.24) is 15.1 Å². The van der Waals surface area contributed by atoms with Gasteiger partial charge in [0.15, 0.2) is 0 Å². The summed E-state index contributed by atoms with van der Waals surface area (Å²) in [6.07, 6.45) is 6.17. The zero-order valence-electron chi connectivity index (χ0n) is 18.1. The predicted molar refractivity (Wildman–Crippen MR) is 120 cm³/mol. The first-order valence-electron chi connectivity index (χ1n) is 10.9. The maximum Gasteiger partial charge on any atom is 0.217 e. The lowest BCUT2D eigenvalue weighted by atomic mass is 10.1. The second-order valence-corrected chi connectivity index (χ2v) is 8.22. The summed E-state index contributed by atoms with van der Waals surface area (Å²) in [5, 5.41) is 7.54. The van der Waals surface area contributed by atoms with E-state index in [1.807, 2.05) is 72.4 Å². The number of carbonyl (C=O) groups is 1. The largest absolute Gasteiger partial charge is 0.493 e. The van der Waals surface area contributed by atoms with Crippen LogP contribution in [0, 0.1) is 5.92 Å². The molecular weight excluding hydrogens is 390 g/mol. The summed E-state index contributed by atoms with van der Waals surface area (Å²) in [5.41, 5.74) is 1.97. The summed E-state index contributed by atoms with van der Waals surface area (Å²) in [5.74, 6) is 3.09. The number of ether oxygens (including phenoxy) is 2. The third-order valence-corrected chi connectivity index (χ3v) is 5.25. The van der Waals surface area contributed by atoms with Crippen LogP contribution in [0.15, 0.2) is 60.8 Å². The smallest absolute Gasteiger partial charge is 0.217 e. The van der Waals surface area contributed by atoms with E-state index in [0.29, 0.717) is 0 Å². The van der Waals surface area contributed by atoms with Gasteiger partial charge < -0.3 is 14.8 Å². The molecule has 1 fully saturated rings. The van der Waals surface area contributed by atoms with Crippen molar-refractivity contribution in [1.29, 1.82) is 0 Å². The SMILES string of the molecule is CC(=O)NC(C)CCc1ccn(-c2ccc(Oc3cccc(OCC4CC4)c3)cc2)n1. The van der Waals surface area contributed by atoms with E-state index in [-0.39, 0.29) is 11.9 Å². The normalized spacial score (nSPS) is 14.1. The maximum atomic E-state index is 11.1. The first kappa shape index (κ1) is 21.0. The number of nitrogens with zero attached hydrogens (tertiary/aromatic N) is 2. The highest BCUT2D eigenvalue weighted by Gasteiger charge is 2.21. The summed E-state index contributed by atoms with van der Waals surface area (Å²) in [6.45, 7) is 4.33. The van der Waals surface area contributed by atoms with Crippen LogP contribution in [-0.2, 0) is 11.2 Å². The predicted octanol–water partition coefficient (Wildman–Crippen LogP) is 4.91. The fourth-order valence-electron chi connectivity index (χ4n) is 3.35. The van der Waals surface area contributed by atoms with Crippen LogP contribution >= 0.6 is 0 Å².